The van der Waals surface area contributed by atoms with Crippen molar-refractivity contribution in [2.45, 2.75) is 24.9 Å². The highest BCUT2D eigenvalue weighted by atomic mass is 32.2. The zero-order valence-electron chi connectivity index (χ0n) is 9.81. The highest BCUT2D eigenvalue weighted by Crippen LogP contribution is 2.20. The van der Waals surface area contributed by atoms with E-state index in [1.165, 1.54) is 12.1 Å². The molecule has 2 nitrogen and oxygen atoms in total. The molecular formula is C13H15FO2S. The third kappa shape index (κ3) is 5.04. The Bertz CT molecular complexity index is 427. The lowest BCUT2D eigenvalue weighted by Gasteiger charge is -2.06. The van der Waals surface area contributed by atoms with E-state index in [2.05, 4.69) is 13.8 Å². The quantitative estimate of drug-likeness (QED) is 0.816. The van der Waals surface area contributed by atoms with E-state index in [-0.39, 0.29) is 0 Å². The molecule has 0 heterocycles. The van der Waals surface area contributed by atoms with E-state index < -0.39 is 11.8 Å². The summed E-state index contributed by atoms with van der Waals surface area (Å²) in [5.41, 5.74) is 1.31. The van der Waals surface area contributed by atoms with Crippen molar-refractivity contribution < 1.29 is 14.3 Å². The minimum atomic E-state index is -1.08. The number of halogens is 1. The van der Waals surface area contributed by atoms with Crippen LogP contribution in [0, 0.1) is 5.82 Å². The molecule has 1 N–H and O–H groups in total. The van der Waals surface area contributed by atoms with Crippen LogP contribution in [-0.4, -0.2) is 16.3 Å². The molecule has 0 aromatic heterocycles. The molecule has 0 spiro atoms. The Morgan fingerprint density at radius 1 is 1.53 bits per heavy atom. The van der Waals surface area contributed by atoms with Crippen molar-refractivity contribution in [3.8, 4) is 0 Å². The molecule has 0 amide bonds. The Morgan fingerprint density at radius 3 is 2.82 bits per heavy atom. The van der Waals surface area contributed by atoms with E-state index in [0.29, 0.717) is 10.8 Å². The van der Waals surface area contributed by atoms with Crippen LogP contribution in [0.15, 0.2) is 24.3 Å². The number of benzene rings is 1. The van der Waals surface area contributed by atoms with Gasteiger partial charge in [-0.25, -0.2) is 9.18 Å². The van der Waals surface area contributed by atoms with Gasteiger partial charge in [-0.2, -0.15) is 11.8 Å². The lowest BCUT2D eigenvalue weighted by Crippen LogP contribution is -1.92. The highest BCUT2D eigenvalue weighted by molar-refractivity contribution is 7.99. The summed E-state index contributed by atoms with van der Waals surface area (Å²) in [6.45, 7) is 4.19. The van der Waals surface area contributed by atoms with E-state index in [1.54, 1.807) is 23.9 Å². The minimum Gasteiger partial charge on any atom is -0.478 e. The smallest absolute Gasteiger partial charge is 0.328 e. The summed E-state index contributed by atoms with van der Waals surface area (Å²) in [7, 11) is 0. The van der Waals surface area contributed by atoms with E-state index >= 15 is 0 Å². The van der Waals surface area contributed by atoms with Crippen molar-refractivity contribution in [1.29, 1.82) is 0 Å². The van der Waals surface area contributed by atoms with Crippen molar-refractivity contribution in [3.63, 3.8) is 0 Å². The molecule has 4 heteroatoms. The van der Waals surface area contributed by atoms with Gasteiger partial charge in [-0.3, -0.25) is 0 Å². The lowest BCUT2D eigenvalue weighted by molar-refractivity contribution is -0.131. The van der Waals surface area contributed by atoms with Gasteiger partial charge in [-0.1, -0.05) is 19.9 Å². The number of carbonyl (C=O) groups is 1. The van der Waals surface area contributed by atoms with Crippen LogP contribution >= 0.6 is 11.8 Å². The fourth-order valence-corrected chi connectivity index (χ4v) is 1.94. The van der Waals surface area contributed by atoms with Gasteiger partial charge in [0.1, 0.15) is 5.82 Å². The van der Waals surface area contributed by atoms with Gasteiger partial charge >= 0.3 is 5.97 Å². The Hall–Kier alpha value is -1.29. The summed E-state index contributed by atoms with van der Waals surface area (Å²) < 4.78 is 13.4. The highest BCUT2D eigenvalue weighted by Gasteiger charge is 2.03. The second kappa shape index (κ2) is 6.45. The number of thioether (sulfide) groups is 1. The van der Waals surface area contributed by atoms with Gasteiger partial charge < -0.3 is 5.11 Å². The number of hydrogen-bond donors (Lipinski definition) is 1. The van der Waals surface area contributed by atoms with Crippen molar-refractivity contribution in [3.05, 3.63) is 41.2 Å². The van der Waals surface area contributed by atoms with Crippen LogP contribution in [0.3, 0.4) is 0 Å². The molecule has 0 aliphatic rings. The molecule has 1 rings (SSSR count). The van der Waals surface area contributed by atoms with Crippen molar-refractivity contribution in [1.82, 2.24) is 0 Å². The molecule has 0 aliphatic carbocycles. The molecule has 0 bridgehead atoms. The van der Waals surface area contributed by atoms with Gasteiger partial charge in [0.25, 0.3) is 0 Å². The monoisotopic (exact) mass is 254 g/mol. The second-order valence-corrected chi connectivity index (χ2v) is 5.45. The zero-order valence-corrected chi connectivity index (χ0v) is 10.6. The van der Waals surface area contributed by atoms with Crippen LogP contribution in [0.4, 0.5) is 4.39 Å². The fraction of sp³-hybridized carbons (Fsp3) is 0.308. The van der Waals surface area contributed by atoms with Crippen LogP contribution in [0.25, 0.3) is 6.08 Å². The lowest BCUT2D eigenvalue weighted by atomic mass is 10.1. The zero-order chi connectivity index (χ0) is 12.8. The first-order chi connectivity index (χ1) is 7.99. The Labute approximate surface area is 105 Å². The molecule has 0 radical (unpaired) electrons. The Kier molecular flexibility index (Phi) is 5.22. The third-order valence-corrected chi connectivity index (χ3v) is 3.22. The molecule has 0 unspecified atom stereocenters. The Morgan fingerprint density at radius 2 is 2.24 bits per heavy atom. The van der Waals surface area contributed by atoms with E-state index in [4.69, 9.17) is 5.11 Å². The van der Waals surface area contributed by atoms with Gasteiger partial charge in [0.2, 0.25) is 0 Å². The topological polar surface area (TPSA) is 37.3 Å². The molecule has 0 saturated carbocycles. The first-order valence-corrected chi connectivity index (χ1v) is 6.35. The van der Waals surface area contributed by atoms with Gasteiger partial charge in [-0.05, 0) is 29.0 Å². The molecule has 0 fully saturated rings. The number of rotatable bonds is 5. The number of carboxylic acids is 1. The first-order valence-electron chi connectivity index (χ1n) is 5.30. The Balaban J connectivity index is 2.82. The maximum absolute atomic E-state index is 13.4. The minimum absolute atomic E-state index is 0.314. The van der Waals surface area contributed by atoms with Crippen molar-refractivity contribution >= 4 is 23.8 Å². The van der Waals surface area contributed by atoms with E-state index in [0.717, 1.165) is 17.4 Å². The summed E-state index contributed by atoms with van der Waals surface area (Å²) in [5, 5.41) is 9.01. The van der Waals surface area contributed by atoms with E-state index in [9.17, 15) is 9.18 Å². The summed E-state index contributed by atoms with van der Waals surface area (Å²) in [5.74, 6) is -0.682. The molecule has 1 aromatic rings. The fourth-order valence-electron chi connectivity index (χ4n) is 1.23. The van der Waals surface area contributed by atoms with Crippen LogP contribution in [0.2, 0.25) is 0 Å². The average Bonchev–Trinajstić information content (AvgIpc) is 2.26. The summed E-state index contributed by atoms with van der Waals surface area (Å²) in [4.78, 5) is 10.4. The van der Waals surface area contributed by atoms with Gasteiger partial charge in [0.05, 0.1) is 0 Å². The maximum Gasteiger partial charge on any atom is 0.328 e. The second-order valence-electron chi connectivity index (χ2n) is 3.89. The molecule has 0 saturated heterocycles. The molecule has 92 valence electrons. The van der Waals surface area contributed by atoms with E-state index in [1.807, 2.05) is 0 Å². The van der Waals surface area contributed by atoms with Gasteiger partial charge in [-0.15, -0.1) is 0 Å². The maximum atomic E-state index is 13.4. The van der Waals surface area contributed by atoms with Gasteiger partial charge in [0.15, 0.2) is 0 Å². The molecule has 1 aromatic carbocycles. The number of carboxylic acid groups (broad SMARTS) is 1. The van der Waals surface area contributed by atoms with Crippen LogP contribution in [-0.2, 0) is 10.5 Å². The molecule has 17 heavy (non-hydrogen) atoms. The van der Waals surface area contributed by atoms with Crippen molar-refractivity contribution in [2.24, 2.45) is 0 Å². The first kappa shape index (κ1) is 13.8. The van der Waals surface area contributed by atoms with Crippen molar-refractivity contribution in [2.75, 3.05) is 0 Å². The summed E-state index contributed by atoms with van der Waals surface area (Å²) >= 11 is 1.76. The average molecular weight is 254 g/mol. The molecule has 0 aliphatic heterocycles. The third-order valence-electron chi connectivity index (χ3n) is 2.05. The summed E-state index contributed by atoms with van der Waals surface area (Å²) in [6.07, 6.45) is 2.22. The predicted molar refractivity (Wildman–Crippen MR) is 69.5 cm³/mol. The van der Waals surface area contributed by atoms with Crippen LogP contribution < -0.4 is 0 Å². The standard InChI is InChI=1S/C13H15FO2S/c1-9(2)17-8-10-3-5-12(14)11(7-10)4-6-13(15)16/h3-7,9H,8H2,1-2H3,(H,15,16). The molecule has 0 atom stereocenters. The summed E-state index contributed by atoms with van der Waals surface area (Å²) in [6, 6.07) is 4.78. The largest absolute Gasteiger partial charge is 0.478 e. The van der Waals surface area contributed by atoms with Gasteiger partial charge in [0, 0.05) is 17.4 Å². The van der Waals surface area contributed by atoms with Crippen LogP contribution in [0.1, 0.15) is 25.0 Å². The number of aliphatic carboxylic acids is 1. The molecular weight excluding hydrogens is 239 g/mol. The SMILES string of the molecule is CC(C)SCc1ccc(F)c(C=CC(=O)O)c1. The number of hydrogen-bond acceptors (Lipinski definition) is 2. The predicted octanol–water partition coefficient (Wildman–Crippen LogP) is 3.57. The normalized spacial score (nSPS) is 11.3. The van der Waals surface area contributed by atoms with Crippen LogP contribution in [0.5, 0.6) is 0 Å².